The van der Waals surface area contributed by atoms with Crippen LogP contribution < -0.4 is 15.4 Å². The number of aliphatic imine (C=N–C) groups is 1. The van der Waals surface area contributed by atoms with Gasteiger partial charge in [0.2, 0.25) is 0 Å². The van der Waals surface area contributed by atoms with Crippen LogP contribution in [0.25, 0.3) is 0 Å². The van der Waals surface area contributed by atoms with Gasteiger partial charge in [-0.25, -0.2) is 0 Å². The third kappa shape index (κ3) is 4.66. The van der Waals surface area contributed by atoms with E-state index in [2.05, 4.69) is 15.6 Å². The van der Waals surface area contributed by atoms with E-state index in [-0.39, 0.29) is 17.6 Å². The van der Waals surface area contributed by atoms with Gasteiger partial charge in [0.1, 0.15) is 11.4 Å². The third-order valence-corrected chi connectivity index (χ3v) is 5.17. The van der Waals surface area contributed by atoms with Gasteiger partial charge in [-0.1, -0.05) is 18.2 Å². The first-order valence-electron chi connectivity index (χ1n) is 9.40. The SMILES string of the molecule is CCNC(=NCC(O)C(F)(F)F)NC1CC2(CCCC2)Oc2ccccc21. The average Bonchev–Trinajstić information content (AvgIpc) is 3.06. The molecule has 1 heterocycles. The van der Waals surface area contributed by atoms with Crippen molar-refractivity contribution in [2.24, 2.45) is 4.99 Å². The molecule has 1 aliphatic heterocycles. The van der Waals surface area contributed by atoms with E-state index in [0.717, 1.165) is 43.4 Å². The van der Waals surface area contributed by atoms with Crippen molar-refractivity contribution in [3.05, 3.63) is 29.8 Å². The monoisotopic (exact) mass is 385 g/mol. The van der Waals surface area contributed by atoms with Gasteiger partial charge in [-0.2, -0.15) is 13.2 Å². The minimum absolute atomic E-state index is 0.117. The number of alkyl halides is 3. The molecule has 0 amide bonds. The highest BCUT2D eigenvalue weighted by Gasteiger charge is 2.43. The number of aliphatic hydroxyl groups is 1. The number of rotatable bonds is 4. The maximum Gasteiger partial charge on any atom is 0.416 e. The Morgan fingerprint density at radius 3 is 2.70 bits per heavy atom. The summed E-state index contributed by atoms with van der Waals surface area (Å²) in [6.45, 7) is 1.60. The molecule has 150 valence electrons. The number of ether oxygens (including phenoxy) is 1. The van der Waals surface area contributed by atoms with Gasteiger partial charge >= 0.3 is 6.18 Å². The van der Waals surface area contributed by atoms with E-state index in [4.69, 9.17) is 4.74 Å². The van der Waals surface area contributed by atoms with E-state index in [1.165, 1.54) is 0 Å². The lowest BCUT2D eigenvalue weighted by Gasteiger charge is -2.40. The number of halogens is 3. The van der Waals surface area contributed by atoms with Crippen LogP contribution in [0, 0.1) is 0 Å². The zero-order valence-electron chi connectivity index (χ0n) is 15.4. The van der Waals surface area contributed by atoms with Crippen LogP contribution in [0.4, 0.5) is 13.2 Å². The summed E-state index contributed by atoms with van der Waals surface area (Å²) >= 11 is 0. The molecule has 2 unspecified atom stereocenters. The highest BCUT2D eigenvalue weighted by Crippen LogP contribution is 2.46. The van der Waals surface area contributed by atoms with Gasteiger partial charge in [0.25, 0.3) is 0 Å². The predicted octanol–water partition coefficient (Wildman–Crippen LogP) is 3.30. The molecule has 27 heavy (non-hydrogen) atoms. The number of nitrogens with one attached hydrogen (secondary N) is 2. The first-order valence-corrected chi connectivity index (χ1v) is 9.40. The van der Waals surface area contributed by atoms with Crippen molar-refractivity contribution >= 4 is 5.96 Å². The Balaban J connectivity index is 1.80. The third-order valence-electron chi connectivity index (χ3n) is 5.17. The van der Waals surface area contributed by atoms with E-state index in [1.807, 2.05) is 31.2 Å². The highest BCUT2D eigenvalue weighted by atomic mass is 19.4. The van der Waals surface area contributed by atoms with E-state index in [1.54, 1.807) is 0 Å². The Kier molecular flexibility index (Phi) is 5.83. The van der Waals surface area contributed by atoms with Gasteiger partial charge in [-0.15, -0.1) is 0 Å². The Hall–Kier alpha value is -1.96. The topological polar surface area (TPSA) is 65.9 Å². The highest BCUT2D eigenvalue weighted by molar-refractivity contribution is 5.80. The van der Waals surface area contributed by atoms with Gasteiger partial charge < -0.3 is 20.5 Å². The first-order chi connectivity index (χ1) is 12.8. The fourth-order valence-electron chi connectivity index (χ4n) is 3.84. The van der Waals surface area contributed by atoms with E-state index in [0.29, 0.717) is 6.54 Å². The predicted molar refractivity (Wildman–Crippen MR) is 96.8 cm³/mol. The number of benzene rings is 1. The molecule has 2 aliphatic rings. The van der Waals surface area contributed by atoms with Crippen molar-refractivity contribution in [2.45, 2.75) is 63.0 Å². The first kappa shape index (κ1) is 19.8. The maximum absolute atomic E-state index is 12.6. The van der Waals surface area contributed by atoms with Crippen LogP contribution in [-0.4, -0.2) is 42.0 Å². The van der Waals surface area contributed by atoms with Crippen molar-refractivity contribution < 1.29 is 23.0 Å². The van der Waals surface area contributed by atoms with E-state index >= 15 is 0 Å². The normalized spacial score (nSPS) is 22.9. The Morgan fingerprint density at radius 2 is 2.04 bits per heavy atom. The second kappa shape index (κ2) is 7.96. The summed E-state index contributed by atoms with van der Waals surface area (Å²) < 4.78 is 44.0. The molecule has 2 atom stereocenters. The number of nitrogens with zero attached hydrogens (tertiary/aromatic N) is 1. The molecule has 0 aromatic heterocycles. The summed E-state index contributed by atoms with van der Waals surface area (Å²) in [5, 5.41) is 15.4. The van der Waals surface area contributed by atoms with Gasteiger partial charge in [0, 0.05) is 18.5 Å². The molecular formula is C19H26F3N3O2. The van der Waals surface area contributed by atoms with Gasteiger partial charge in [-0.05, 0) is 38.7 Å². The Morgan fingerprint density at radius 1 is 1.33 bits per heavy atom. The number of guanidine groups is 1. The molecular weight excluding hydrogens is 359 g/mol. The second-order valence-electron chi connectivity index (χ2n) is 7.21. The average molecular weight is 385 g/mol. The summed E-state index contributed by atoms with van der Waals surface area (Å²) in [7, 11) is 0. The molecule has 1 aromatic carbocycles. The lowest BCUT2D eigenvalue weighted by Crippen LogP contribution is -2.47. The van der Waals surface area contributed by atoms with Crippen LogP contribution in [0.1, 0.15) is 50.6 Å². The molecule has 0 bridgehead atoms. The Bertz CT molecular complexity index is 672. The van der Waals surface area contributed by atoms with Crippen molar-refractivity contribution in [3.63, 3.8) is 0 Å². The molecule has 3 N–H and O–H groups in total. The Labute approximate surface area is 157 Å². The lowest BCUT2D eigenvalue weighted by molar-refractivity contribution is -0.199. The minimum atomic E-state index is -4.68. The van der Waals surface area contributed by atoms with E-state index < -0.39 is 18.8 Å². The van der Waals surface area contributed by atoms with Crippen molar-refractivity contribution in [1.82, 2.24) is 10.6 Å². The number of aliphatic hydroxyl groups excluding tert-OH is 1. The van der Waals surface area contributed by atoms with Crippen molar-refractivity contribution in [2.75, 3.05) is 13.1 Å². The molecule has 0 radical (unpaired) electrons. The maximum atomic E-state index is 12.6. The van der Waals surface area contributed by atoms with Crippen LogP contribution in [0.15, 0.2) is 29.3 Å². The molecule has 5 nitrogen and oxygen atoms in total. The van der Waals surface area contributed by atoms with Crippen LogP contribution in [-0.2, 0) is 0 Å². The number of fused-ring (bicyclic) bond motifs is 1. The molecule has 0 saturated heterocycles. The number of hydrogen-bond acceptors (Lipinski definition) is 3. The fraction of sp³-hybridized carbons (Fsp3) is 0.632. The lowest BCUT2D eigenvalue weighted by atomic mass is 9.86. The standard InChI is InChI=1S/C19H26F3N3O2/c1-2-23-17(24-12-16(26)19(20,21)22)25-14-11-18(9-5-6-10-18)27-15-8-4-3-7-13(14)15/h3-4,7-8,14,16,26H,2,5-6,9-12H2,1H3,(H2,23,24,25). The summed E-state index contributed by atoms with van der Waals surface area (Å²) in [6, 6.07) is 7.61. The van der Waals surface area contributed by atoms with Crippen molar-refractivity contribution in [1.29, 1.82) is 0 Å². The zero-order chi connectivity index (χ0) is 19.5. The van der Waals surface area contributed by atoms with Crippen LogP contribution in [0.5, 0.6) is 5.75 Å². The van der Waals surface area contributed by atoms with Crippen molar-refractivity contribution in [3.8, 4) is 5.75 Å². The van der Waals surface area contributed by atoms with Gasteiger partial charge in [-0.3, -0.25) is 4.99 Å². The fourth-order valence-corrected chi connectivity index (χ4v) is 3.84. The van der Waals surface area contributed by atoms with Gasteiger partial charge in [0.05, 0.1) is 12.6 Å². The molecule has 8 heteroatoms. The smallest absolute Gasteiger partial charge is 0.416 e. The van der Waals surface area contributed by atoms with Crippen LogP contribution in [0.3, 0.4) is 0 Å². The summed E-state index contributed by atoms with van der Waals surface area (Å²) in [5.41, 5.74) is 0.742. The largest absolute Gasteiger partial charge is 0.487 e. The summed E-state index contributed by atoms with van der Waals surface area (Å²) in [6.07, 6.45) is -2.26. The quantitative estimate of drug-likeness (QED) is 0.550. The molecule has 3 rings (SSSR count). The van der Waals surface area contributed by atoms with Crippen LogP contribution in [0.2, 0.25) is 0 Å². The zero-order valence-corrected chi connectivity index (χ0v) is 15.4. The van der Waals surface area contributed by atoms with E-state index in [9.17, 15) is 18.3 Å². The van der Waals surface area contributed by atoms with Crippen LogP contribution >= 0.6 is 0 Å². The molecule has 1 fully saturated rings. The second-order valence-corrected chi connectivity index (χ2v) is 7.21. The summed E-state index contributed by atoms with van der Waals surface area (Å²) in [4.78, 5) is 3.95. The molecule has 1 aromatic rings. The number of para-hydroxylation sites is 1. The summed E-state index contributed by atoms with van der Waals surface area (Å²) in [5.74, 6) is 1.07. The molecule has 1 spiro atoms. The molecule has 1 aliphatic carbocycles. The number of hydrogen-bond donors (Lipinski definition) is 3. The van der Waals surface area contributed by atoms with Gasteiger partial charge in [0.15, 0.2) is 12.1 Å². The minimum Gasteiger partial charge on any atom is -0.487 e. The molecule has 1 saturated carbocycles.